The quantitative estimate of drug-likeness (QED) is 0.705. The lowest BCUT2D eigenvalue weighted by atomic mass is 9.44. The summed E-state index contributed by atoms with van der Waals surface area (Å²) in [6, 6.07) is 0. The molecule has 0 heterocycles. The van der Waals surface area contributed by atoms with E-state index >= 15 is 0 Å². The Kier molecular flexibility index (Phi) is 4.74. The first-order valence-corrected chi connectivity index (χ1v) is 11.1. The van der Waals surface area contributed by atoms with Crippen molar-refractivity contribution in [1.29, 1.82) is 0 Å². The summed E-state index contributed by atoms with van der Waals surface area (Å²) in [5.41, 5.74) is -1.91. The van der Waals surface area contributed by atoms with Gasteiger partial charge in [0.05, 0.1) is 6.10 Å². The Morgan fingerprint density at radius 2 is 1.68 bits per heavy atom. The molecule has 4 aliphatic rings. The molecule has 0 radical (unpaired) electrons. The number of carbonyl (C=O) groups is 2. The molecule has 0 aromatic rings. The van der Waals surface area contributed by atoms with Crippen molar-refractivity contribution in [2.75, 3.05) is 0 Å². The molecule has 28 heavy (non-hydrogen) atoms. The van der Waals surface area contributed by atoms with Crippen molar-refractivity contribution in [2.24, 2.45) is 34.5 Å². The summed E-state index contributed by atoms with van der Waals surface area (Å²) in [7, 11) is 0. The Morgan fingerprint density at radius 1 is 0.964 bits per heavy atom. The van der Waals surface area contributed by atoms with Gasteiger partial charge in [0.1, 0.15) is 6.10 Å². The molecular formula is C23H36O5. The molecule has 0 bridgehead atoms. The first-order valence-electron chi connectivity index (χ1n) is 11.1. The van der Waals surface area contributed by atoms with Crippen LogP contribution in [-0.4, -0.2) is 39.8 Å². The number of esters is 1. The molecule has 158 valence electrons. The lowest BCUT2D eigenvalue weighted by molar-refractivity contribution is -0.183. The zero-order valence-electron chi connectivity index (χ0n) is 17.7. The molecule has 4 rings (SSSR count). The second kappa shape index (κ2) is 6.53. The number of aliphatic hydroxyl groups excluding tert-OH is 1. The number of ether oxygens (including phenoxy) is 1. The minimum Gasteiger partial charge on any atom is -0.463 e. The normalized spacial score (nSPS) is 52.9. The van der Waals surface area contributed by atoms with Crippen molar-refractivity contribution in [3.05, 3.63) is 0 Å². The second-order valence-corrected chi connectivity index (χ2v) is 10.7. The minimum atomic E-state index is -1.60. The minimum absolute atomic E-state index is 0.0529. The van der Waals surface area contributed by atoms with Gasteiger partial charge >= 0.3 is 5.97 Å². The number of hydrogen-bond donors (Lipinski definition) is 2. The number of hydrogen-bond acceptors (Lipinski definition) is 5. The summed E-state index contributed by atoms with van der Waals surface area (Å²) >= 11 is 0. The van der Waals surface area contributed by atoms with Gasteiger partial charge < -0.3 is 14.9 Å². The molecule has 2 N–H and O–H groups in total. The van der Waals surface area contributed by atoms with Gasteiger partial charge in [-0.15, -0.1) is 0 Å². The average Bonchev–Trinajstić information content (AvgIpc) is 2.83. The fourth-order valence-corrected chi connectivity index (χ4v) is 8.22. The van der Waals surface area contributed by atoms with Gasteiger partial charge in [-0.25, -0.2) is 0 Å². The summed E-state index contributed by atoms with van der Waals surface area (Å²) < 4.78 is 5.53. The van der Waals surface area contributed by atoms with Crippen LogP contribution < -0.4 is 0 Å². The van der Waals surface area contributed by atoms with Gasteiger partial charge in [-0.05, 0) is 87.4 Å². The summed E-state index contributed by atoms with van der Waals surface area (Å²) in [4.78, 5) is 23.8. The van der Waals surface area contributed by atoms with E-state index < -0.39 is 17.1 Å². The molecule has 4 fully saturated rings. The van der Waals surface area contributed by atoms with E-state index in [1.807, 2.05) is 6.92 Å². The zero-order valence-corrected chi connectivity index (χ0v) is 17.7. The number of rotatable bonds is 2. The molecule has 5 heteroatoms. The highest BCUT2D eigenvalue weighted by molar-refractivity contribution is 5.87. The summed E-state index contributed by atoms with van der Waals surface area (Å²) in [6.07, 6.45) is 6.58. The van der Waals surface area contributed by atoms with E-state index in [1.54, 1.807) is 0 Å². The summed E-state index contributed by atoms with van der Waals surface area (Å²) in [6.45, 7) is 7.38. The number of fused-ring (bicyclic) bond motifs is 5. The third-order valence-corrected chi connectivity index (χ3v) is 9.71. The molecule has 0 saturated heterocycles. The van der Waals surface area contributed by atoms with Gasteiger partial charge in [0, 0.05) is 12.3 Å². The molecule has 0 spiro atoms. The van der Waals surface area contributed by atoms with Crippen LogP contribution in [0.1, 0.15) is 79.1 Å². The third-order valence-electron chi connectivity index (χ3n) is 9.71. The fraction of sp³-hybridized carbons (Fsp3) is 0.913. The Morgan fingerprint density at radius 3 is 2.32 bits per heavy atom. The van der Waals surface area contributed by atoms with Crippen LogP contribution in [0.15, 0.2) is 0 Å². The maximum absolute atomic E-state index is 12.4. The van der Waals surface area contributed by atoms with Gasteiger partial charge in [0.15, 0.2) is 11.4 Å². The van der Waals surface area contributed by atoms with Crippen LogP contribution in [0.2, 0.25) is 0 Å². The number of ketones is 1. The first kappa shape index (κ1) is 20.3. The van der Waals surface area contributed by atoms with E-state index in [1.165, 1.54) is 13.8 Å². The number of aliphatic hydroxyl groups is 2. The molecule has 0 aromatic carbocycles. The molecule has 0 aromatic heterocycles. The van der Waals surface area contributed by atoms with Crippen molar-refractivity contribution in [3.8, 4) is 0 Å². The lowest BCUT2D eigenvalue weighted by Crippen LogP contribution is -2.60. The van der Waals surface area contributed by atoms with Gasteiger partial charge in [0.2, 0.25) is 0 Å². The van der Waals surface area contributed by atoms with Crippen molar-refractivity contribution in [2.45, 2.75) is 96.9 Å². The maximum Gasteiger partial charge on any atom is 0.302 e. The lowest BCUT2D eigenvalue weighted by Gasteiger charge is -2.61. The van der Waals surface area contributed by atoms with Crippen LogP contribution in [-0.2, 0) is 14.3 Å². The Bertz CT molecular complexity index is 676. The Hall–Kier alpha value is -0.940. The monoisotopic (exact) mass is 392 g/mol. The smallest absolute Gasteiger partial charge is 0.302 e. The second-order valence-electron chi connectivity index (χ2n) is 10.7. The Balaban J connectivity index is 1.59. The topological polar surface area (TPSA) is 83.8 Å². The third kappa shape index (κ3) is 2.57. The molecule has 4 aliphatic carbocycles. The van der Waals surface area contributed by atoms with Crippen LogP contribution in [0.25, 0.3) is 0 Å². The molecular weight excluding hydrogens is 356 g/mol. The van der Waals surface area contributed by atoms with Crippen LogP contribution >= 0.6 is 0 Å². The SMILES string of the molecule is CC(=O)OC1CCC2(C)C(CCC3C2CCC2(C)C3CC(O)C2(O)C(C)=O)C1. The molecule has 5 nitrogen and oxygen atoms in total. The van der Waals surface area contributed by atoms with E-state index in [9.17, 15) is 19.8 Å². The number of Topliss-reactive ketones (excluding diaryl/α,β-unsaturated/α-hetero) is 1. The van der Waals surface area contributed by atoms with E-state index in [2.05, 4.69) is 6.92 Å². The van der Waals surface area contributed by atoms with Crippen LogP contribution in [0.3, 0.4) is 0 Å². The molecule has 0 aliphatic heterocycles. The van der Waals surface area contributed by atoms with Gasteiger partial charge in [-0.2, -0.15) is 0 Å². The average molecular weight is 393 g/mol. The van der Waals surface area contributed by atoms with Crippen LogP contribution in [0, 0.1) is 34.5 Å². The highest BCUT2D eigenvalue weighted by Crippen LogP contribution is 2.68. The fourth-order valence-electron chi connectivity index (χ4n) is 8.22. The van der Waals surface area contributed by atoms with E-state index in [0.29, 0.717) is 24.2 Å². The van der Waals surface area contributed by atoms with Crippen molar-refractivity contribution in [3.63, 3.8) is 0 Å². The van der Waals surface area contributed by atoms with Crippen LogP contribution in [0.4, 0.5) is 0 Å². The summed E-state index contributed by atoms with van der Waals surface area (Å²) in [5, 5.41) is 21.9. The molecule has 9 atom stereocenters. The van der Waals surface area contributed by atoms with E-state index in [-0.39, 0.29) is 29.2 Å². The first-order chi connectivity index (χ1) is 13.0. The Labute approximate surface area is 168 Å². The van der Waals surface area contributed by atoms with Gasteiger partial charge in [-0.3, -0.25) is 9.59 Å². The highest BCUT2D eigenvalue weighted by atomic mass is 16.5. The largest absolute Gasteiger partial charge is 0.463 e. The van der Waals surface area contributed by atoms with Crippen LogP contribution in [0.5, 0.6) is 0 Å². The van der Waals surface area contributed by atoms with E-state index in [0.717, 1.165) is 44.9 Å². The molecule has 4 saturated carbocycles. The van der Waals surface area contributed by atoms with Crippen molar-refractivity contribution < 1.29 is 24.5 Å². The van der Waals surface area contributed by atoms with Crippen molar-refractivity contribution >= 4 is 11.8 Å². The zero-order chi connectivity index (χ0) is 20.5. The standard InChI is InChI=1S/C23H36O5/c1-13(24)23(27)20(26)12-19-17-6-5-15-11-16(28-14(2)25)7-9-21(15,3)18(17)8-10-22(19,23)4/h15-20,26-27H,5-12H2,1-4H3. The highest BCUT2D eigenvalue weighted by Gasteiger charge is 2.69. The van der Waals surface area contributed by atoms with Gasteiger partial charge in [-0.1, -0.05) is 13.8 Å². The number of carbonyl (C=O) groups excluding carboxylic acids is 2. The maximum atomic E-state index is 12.4. The summed E-state index contributed by atoms with van der Waals surface area (Å²) in [5.74, 6) is 1.30. The van der Waals surface area contributed by atoms with E-state index in [4.69, 9.17) is 4.74 Å². The van der Waals surface area contributed by atoms with Crippen molar-refractivity contribution in [1.82, 2.24) is 0 Å². The van der Waals surface area contributed by atoms with Gasteiger partial charge in [0.25, 0.3) is 0 Å². The predicted octanol–water partition coefficient (Wildman–Crippen LogP) is 3.25. The molecule has 0 amide bonds. The predicted molar refractivity (Wildman–Crippen MR) is 104 cm³/mol. The molecule has 9 unspecified atom stereocenters.